The van der Waals surface area contributed by atoms with E-state index in [0.717, 1.165) is 28.1 Å². The van der Waals surface area contributed by atoms with Gasteiger partial charge in [-0.15, -0.1) is 5.10 Å². The number of nitrogens with zero attached hydrogens (tertiary/aromatic N) is 5. The first kappa shape index (κ1) is 15.1. The zero-order valence-electron chi connectivity index (χ0n) is 13.8. The summed E-state index contributed by atoms with van der Waals surface area (Å²) < 4.78 is 0. The van der Waals surface area contributed by atoms with Gasteiger partial charge in [-0.1, -0.05) is 13.8 Å². The minimum absolute atomic E-state index is 0.405. The fourth-order valence-corrected chi connectivity index (χ4v) is 2.20. The highest BCUT2D eigenvalue weighted by molar-refractivity contribution is 5.80. The molecule has 3 rings (SSSR count). The van der Waals surface area contributed by atoms with E-state index in [-0.39, 0.29) is 0 Å². The molecule has 0 saturated carbocycles. The first-order valence-corrected chi connectivity index (χ1v) is 7.56. The summed E-state index contributed by atoms with van der Waals surface area (Å²) in [5.74, 6) is 1.83. The molecule has 6 nitrogen and oxygen atoms in total. The lowest BCUT2D eigenvalue weighted by atomic mass is 10.1. The zero-order valence-corrected chi connectivity index (χ0v) is 13.8. The van der Waals surface area contributed by atoms with Crippen LogP contribution in [-0.2, 0) is 0 Å². The maximum absolute atomic E-state index is 4.62. The number of anilines is 3. The molecular weight excluding hydrogens is 288 g/mol. The Kier molecular flexibility index (Phi) is 4.06. The topological polar surface area (TPSA) is 66.8 Å². The van der Waals surface area contributed by atoms with E-state index in [4.69, 9.17) is 0 Å². The van der Waals surface area contributed by atoms with Crippen LogP contribution in [-0.4, -0.2) is 34.3 Å². The Hall–Kier alpha value is -2.76. The maximum Gasteiger partial charge on any atom is 0.154 e. The molecule has 3 heterocycles. The van der Waals surface area contributed by atoms with Crippen LogP contribution in [0.15, 0.2) is 36.7 Å². The molecule has 0 fully saturated rings. The van der Waals surface area contributed by atoms with Crippen LogP contribution < -0.4 is 10.2 Å². The molecule has 3 aromatic heterocycles. The summed E-state index contributed by atoms with van der Waals surface area (Å²) in [5, 5.41) is 11.4. The van der Waals surface area contributed by atoms with Gasteiger partial charge in [-0.2, -0.15) is 5.10 Å². The molecule has 1 N–H and O–H groups in total. The molecule has 118 valence electrons. The molecule has 0 aliphatic carbocycles. The number of fused-ring (bicyclic) bond motifs is 1. The summed E-state index contributed by atoms with van der Waals surface area (Å²) >= 11 is 0. The third-order valence-corrected chi connectivity index (χ3v) is 3.64. The van der Waals surface area contributed by atoms with Gasteiger partial charge in [0.05, 0.1) is 29.1 Å². The van der Waals surface area contributed by atoms with Crippen LogP contribution in [0.25, 0.3) is 11.0 Å². The molecule has 0 aliphatic rings. The molecule has 0 radical (unpaired) electrons. The van der Waals surface area contributed by atoms with Gasteiger partial charge in [-0.3, -0.25) is 4.98 Å². The normalized spacial score (nSPS) is 11.0. The largest absolute Gasteiger partial charge is 0.376 e. The molecule has 0 aliphatic heterocycles. The van der Waals surface area contributed by atoms with Crippen molar-refractivity contribution in [2.75, 3.05) is 24.3 Å². The Morgan fingerprint density at radius 2 is 1.83 bits per heavy atom. The summed E-state index contributed by atoms with van der Waals surface area (Å²) in [6, 6.07) is 7.86. The lowest BCUT2D eigenvalue weighted by Gasteiger charge is -2.12. The summed E-state index contributed by atoms with van der Waals surface area (Å²) in [6.45, 7) is 4.26. The molecule has 0 unspecified atom stereocenters. The van der Waals surface area contributed by atoms with Crippen LogP contribution in [0, 0.1) is 0 Å². The standard InChI is InChI=1S/C17H20N6/c1-11(2)12-7-17(22-19-9-12)21-16-6-5-14-15(20-16)8-13(10-18-14)23(3)4/h5-11H,1-4H3,(H,20,21,22). The minimum Gasteiger partial charge on any atom is -0.376 e. The van der Waals surface area contributed by atoms with Crippen LogP contribution in [0.2, 0.25) is 0 Å². The van der Waals surface area contributed by atoms with Crippen molar-refractivity contribution in [3.8, 4) is 0 Å². The second kappa shape index (κ2) is 6.16. The van der Waals surface area contributed by atoms with Gasteiger partial charge in [0.15, 0.2) is 5.82 Å². The van der Waals surface area contributed by atoms with Gasteiger partial charge in [0, 0.05) is 14.1 Å². The Morgan fingerprint density at radius 3 is 2.57 bits per heavy atom. The molecule has 0 amide bonds. The van der Waals surface area contributed by atoms with Gasteiger partial charge >= 0.3 is 0 Å². The van der Waals surface area contributed by atoms with E-state index in [1.807, 2.05) is 49.5 Å². The van der Waals surface area contributed by atoms with Crippen molar-refractivity contribution in [1.29, 1.82) is 0 Å². The number of hydrogen-bond acceptors (Lipinski definition) is 6. The van der Waals surface area contributed by atoms with E-state index >= 15 is 0 Å². The van der Waals surface area contributed by atoms with Crippen molar-refractivity contribution < 1.29 is 0 Å². The Labute approximate surface area is 135 Å². The fourth-order valence-electron chi connectivity index (χ4n) is 2.20. The van der Waals surface area contributed by atoms with E-state index < -0.39 is 0 Å². The second-order valence-electron chi connectivity index (χ2n) is 5.98. The van der Waals surface area contributed by atoms with Crippen LogP contribution in [0.4, 0.5) is 17.3 Å². The number of hydrogen-bond donors (Lipinski definition) is 1. The number of nitrogens with one attached hydrogen (secondary N) is 1. The lowest BCUT2D eigenvalue weighted by Crippen LogP contribution is -2.09. The fraction of sp³-hybridized carbons (Fsp3) is 0.294. The lowest BCUT2D eigenvalue weighted by molar-refractivity contribution is 0.843. The van der Waals surface area contributed by atoms with Crippen molar-refractivity contribution in [2.45, 2.75) is 19.8 Å². The van der Waals surface area contributed by atoms with Gasteiger partial charge in [-0.05, 0) is 35.7 Å². The SMILES string of the molecule is CC(C)c1cnnc(Nc2ccc3ncc(N(C)C)cc3n2)c1. The van der Waals surface area contributed by atoms with Gasteiger partial charge in [0.2, 0.25) is 0 Å². The van der Waals surface area contributed by atoms with Gasteiger partial charge < -0.3 is 10.2 Å². The maximum atomic E-state index is 4.62. The molecule has 0 atom stereocenters. The Bertz CT molecular complexity index is 828. The van der Waals surface area contributed by atoms with Crippen LogP contribution >= 0.6 is 0 Å². The van der Waals surface area contributed by atoms with E-state index in [2.05, 4.69) is 39.3 Å². The molecule has 0 saturated heterocycles. The zero-order chi connectivity index (χ0) is 16.4. The van der Waals surface area contributed by atoms with E-state index in [1.54, 1.807) is 6.20 Å². The molecular formula is C17H20N6. The van der Waals surface area contributed by atoms with Gasteiger partial charge in [-0.25, -0.2) is 4.98 Å². The van der Waals surface area contributed by atoms with E-state index in [9.17, 15) is 0 Å². The number of rotatable bonds is 4. The minimum atomic E-state index is 0.405. The van der Waals surface area contributed by atoms with Crippen molar-refractivity contribution in [3.05, 3.63) is 42.2 Å². The van der Waals surface area contributed by atoms with Crippen molar-refractivity contribution in [2.24, 2.45) is 0 Å². The van der Waals surface area contributed by atoms with Crippen LogP contribution in [0.1, 0.15) is 25.3 Å². The smallest absolute Gasteiger partial charge is 0.154 e. The molecule has 6 heteroatoms. The molecule has 23 heavy (non-hydrogen) atoms. The Morgan fingerprint density at radius 1 is 1.00 bits per heavy atom. The monoisotopic (exact) mass is 308 g/mol. The third kappa shape index (κ3) is 3.36. The summed E-state index contributed by atoms with van der Waals surface area (Å²) in [5.41, 5.74) is 3.86. The summed E-state index contributed by atoms with van der Waals surface area (Å²) in [4.78, 5) is 11.1. The van der Waals surface area contributed by atoms with Crippen LogP contribution in [0.3, 0.4) is 0 Å². The van der Waals surface area contributed by atoms with Crippen molar-refractivity contribution in [1.82, 2.24) is 20.2 Å². The number of pyridine rings is 2. The van der Waals surface area contributed by atoms with Gasteiger partial charge in [0.1, 0.15) is 5.82 Å². The third-order valence-electron chi connectivity index (χ3n) is 3.64. The van der Waals surface area contributed by atoms with E-state index in [1.165, 1.54) is 0 Å². The average Bonchev–Trinajstić information content (AvgIpc) is 2.54. The summed E-state index contributed by atoms with van der Waals surface area (Å²) in [7, 11) is 3.97. The highest BCUT2D eigenvalue weighted by atomic mass is 15.2. The van der Waals surface area contributed by atoms with E-state index in [0.29, 0.717) is 11.7 Å². The highest BCUT2D eigenvalue weighted by Crippen LogP contribution is 2.21. The quantitative estimate of drug-likeness (QED) is 0.797. The number of aromatic nitrogens is 4. The Balaban J connectivity index is 1.92. The van der Waals surface area contributed by atoms with Crippen molar-refractivity contribution >= 4 is 28.4 Å². The van der Waals surface area contributed by atoms with Crippen LogP contribution in [0.5, 0.6) is 0 Å². The highest BCUT2D eigenvalue weighted by Gasteiger charge is 2.06. The van der Waals surface area contributed by atoms with Gasteiger partial charge in [0.25, 0.3) is 0 Å². The molecule has 3 aromatic rings. The average molecular weight is 308 g/mol. The predicted molar refractivity (Wildman–Crippen MR) is 93.3 cm³/mol. The first-order valence-electron chi connectivity index (χ1n) is 7.56. The predicted octanol–water partition coefficient (Wildman–Crippen LogP) is 3.35. The second-order valence-corrected chi connectivity index (χ2v) is 5.98. The first-order chi connectivity index (χ1) is 11.0. The molecule has 0 bridgehead atoms. The molecule has 0 spiro atoms. The summed E-state index contributed by atoms with van der Waals surface area (Å²) in [6.07, 6.45) is 3.63. The van der Waals surface area contributed by atoms with Crippen molar-refractivity contribution in [3.63, 3.8) is 0 Å². The molecule has 0 aromatic carbocycles.